The summed E-state index contributed by atoms with van der Waals surface area (Å²) in [6.45, 7) is 16.3. The van der Waals surface area contributed by atoms with Crippen molar-refractivity contribution in [3.63, 3.8) is 0 Å². The van der Waals surface area contributed by atoms with E-state index in [4.69, 9.17) is 23.7 Å². The fraction of sp³-hybridized carbons (Fsp3) is 0.275. The van der Waals surface area contributed by atoms with Crippen molar-refractivity contribution in [1.29, 1.82) is 0 Å². The molecule has 52 heavy (non-hydrogen) atoms. The molecule has 3 aromatic carbocycles. The lowest BCUT2D eigenvalue weighted by Gasteiger charge is -2.23. The Morgan fingerprint density at radius 3 is 1.54 bits per heavy atom. The van der Waals surface area contributed by atoms with Crippen LogP contribution in [-0.2, 0) is 28.6 Å². The van der Waals surface area contributed by atoms with E-state index in [1.54, 1.807) is 24.3 Å². The largest absolute Gasteiger partial charge is 0.466 e. The Morgan fingerprint density at radius 2 is 1.10 bits per heavy atom. The molecule has 0 radical (unpaired) electrons. The van der Waals surface area contributed by atoms with Gasteiger partial charge in [0.05, 0.1) is 47.6 Å². The summed E-state index contributed by atoms with van der Waals surface area (Å²) < 4.78 is 26.3. The summed E-state index contributed by atoms with van der Waals surface area (Å²) in [6, 6.07) is 20.8. The molecule has 0 aliphatic heterocycles. The summed E-state index contributed by atoms with van der Waals surface area (Å²) in [7, 11) is -2.49. The van der Waals surface area contributed by atoms with Crippen LogP contribution in [-0.4, -0.2) is 66.3 Å². The number of esters is 5. The molecule has 0 saturated carbocycles. The average Bonchev–Trinajstić information content (AvgIpc) is 3.14. The predicted octanol–water partition coefficient (Wildman–Crippen LogP) is 6.38. The maximum absolute atomic E-state index is 13.2. The Labute approximate surface area is 307 Å². The summed E-state index contributed by atoms with van der Waals surface area (Å²) in [6.07, 6.45) is 6.32. The standard InChI is InChI=1S/C40H46O10Si2/c1-8-36(41)47-24-10-26-51(4,5)33-18-12-29(13-19-33)39(44)49-32-17-22-35(31(28-32)16-23-38(43)46-3)50-40(45)30-14-20-34(21-15-30)52(6,7)27-11-25-48-37(42)9-2/h8-9,12-23,28H,1-2,10-11,24-27H2,3-7H3. The van der Waals surface area contributed by atoms with E-state index in [0.717, 1.165) is 47.5 Å². The van der Waals surface area contributed by atoms with Crippen LogP contribution in [0.15, 0.2) is 98.1 Å². The van der Waals surface area contributed by atoms with Gasteiger partial charge in [0.2, 0.25) is 0 Å². The summed E-state index contributed by atoms with van der Waals surface area (Å²) in [5.41, 5.74) is 0.993. The van der Waals surface area contributed by atoms with Gasteiger partial charge in [-0.05, 0) is 61.4 Å². The van der Waals surface area contributed by atoms with E-state index in [2.05, 4.69) is 39.3 Å². The third kappa shape index (κ3) is 12.5. The number of methoxy groups -OCH3 is 1. The van der Waals surface area contributed by atoms with Crippen LogP contribution in [0.1, 0.15) is 39.1 Å². The highest BCUT2D eigenvalue weighted by Crippen LogP contribution is 2.27. The van der Waals surface area contributed by atoms with Crippen LogP contribution in [0.5, 0.6) is 11.5 Å². The van der Waals surface area contributed by atoms with Crippen molar-refractivity contribution >= 4 is 62.4 Å². The maximum atomic E-state index is 13.2. The number of rotatable bonds is 18. The van der Waals surface area contributed by atoms with Crippen LogP contribution in [0, 0.1) is 0 Å². The van der Waals surface area contributed by atoms with Gasteiger partial charge in [-0.1, -0.05) is 86.1 Å². The zero-order valence-electron chi connectivity index (χ0n) is 30.4. The maximum Gasteiger partial charge on any atom is 0.343 e. The van der Waals surface area contributed by atoms with E-state index in [1.807, 2.05) is 24.3 Å². The highest BCUT2D eigenvalue weighted by atomic mass is 28.3. The molecule has 0 atom stereocenters. The molecular weight excluding hydrogens is 697 g/mol. The van der Waals surface area contributed by atoms with Gasteiger partial charge in [0.15, 0.2) is 0 Å². The van der Waals surface area contributed by atoms with Gasteiger partial charge < -0.3 is 23.7 Å². The van der Waals surface area contributed by atoms with Crippen molar-refractivity contribution in [2.24, 2.45) is 0 Å². The highest BCUT2D eigenvalue weighted by molar-refractivity contribution is 6.90. The third-order valence-electron chi connectivity index (χ3n) is 8.51. The lowest BCUT2D eigenvalue weighted by Crippen LogP contribution is -2.41. The van der Waals surface area contributed by atoms with E-state index >= 15 is 0 Å². The Morgan fingerprint density at radius 1 is 0.635 bits per heavy atom. The molecule has 274 valence electrons. The normalized spacial score (nSPS) is 11.3. The van der Waals surface area contributed by atoms with Crippen LogP contribution in [0.3, 0.4) is 0 Å². The molecule has 0 aromatic heterocycles. The number of benzene rings is 3. The second kappa shape index (κ2) is 19.3. The van der Waals surface area contributed by atoms with E-state index in [1.165, 1.54) is 37.5 Å². The zero-order valence-corrected chi connectivity index (χ0v) is 32.4. The molecule has 0 aliphatic rings. The van der Waals surface area contributed by atoms with Crippen molar-refractivity contribution in [3.8, 4) is 11.5 Å². The smallest absolute Gasteiger partial charge is 0.343 e. The Balaban J connectivity index is 1.70. The molecule has 3 rings (SSSR count). The molecule has 10 nitrogen and oxygen atoms in total. The summed E-state index contributed by atoms with van der Waals surface area (Å²) in [4.78, 5) is 60.8. The highest BCUT2D eigenvalue weighted by Gasteiger charge is 2.25. The van der Waals surface area contributed by atoms with Crippen LogP contribution in [0.2, 0.25) is 38.3 Å². The molecule has 0 amide bonds. The van der Waals surface area contributed by atoms with Crippen molar-refractivity contribution in [3.05, 3.63) is 115 Å². The van der Waals surface area contributed by atoms with Crippen LogP contribution < -0.4 is 19.8 Å². The first-order chi connectivity index (χ1) is 24.7. The minimum Gasteiger partial charge on any atom is -0.466 e. The molecule has 0 heterocycles. The van der Waals surface area contributed by atoms with E-state index < -0.39 is 46.0 Å². The second-order valence-electron chi connectivity index (χ2n) is 13.2. The lowest BCUT2D eigenvalue weighted by molar-refractivity contribution is -0.138. The van der Waals surface area contributed by atoms with Gasteiger partial charge in [0, 0.05) is 23.8 Å². The summed E-state index contributed by atoms with van der Waals surface area (Å²) in [5.74, 6) is -2.36. The van der Waals surface area contributed by atoms with E-state index in [0.29, 0.717) is 29.9 Å². The fourth-order valence-electron chi connectivity index (χ4n) is 5.26. The van der Waals surface area contributed by atoms with Crippen LogP contribution >= 0.6 is 0 Å². The zero-order chi connectivity index (χ0) is 38.3. The fourth-order valence-corrected chi connectivity index (χ4v) is 10.0. The van der Waals surface area contributed by atoms with Crippen molar-refractivity contribution < 1.29 is 47.7 Å². The van der Waals surface area contributed by atoms with Gasteiger partial charge in [-0.2, -0.15) is 0 Å². The molecule has 0 spiro atoms. The lowest BCUT2D eigenvalue weighted by atomic mass is 10.1. The first-order valence-electron chi connectivity index (χ1n) is 16.8. The summed E-state index contributed by atoms with van der Waals surface area (Å²) >= 11 is 0. The Kier molecular flexibility index (Phi) is 15.3. The van der Waals surface area contributed by atoms with Gasteiger partial charge in [-0.3, -0.25) is 0 Å². The first-order valence-corrected chi connectivity index (χ1v) is 23.2. The first kappa shape index (κ1) is 41.1. The molecule has 0 N–H and O–H groups in total. The molecule has 3 aromatic rings. The van der Waals surface area contributed by atoms with Gasteiger partial charge in [-0.25, -0.2) is 24.0 Å². The van der Waals surface area contributed by atoms with Crippen LogP contribution in [0.4, 0.5) is 0 Å². The van der Waals surface area contributed by atoms with Crippen LogP contribution in [0.25, 0.3) is 6.08 Å². The van der Waals surface area contributed by atoms with Gasteiger partial charge in [0.25, 0.3) is 0 Å². The van der Waals surface area contributed by atoms with Crippen molar-refractivity contribution in [2.75, 3.05) is 20.3 Å². The Bertz CT molecular complexity index is 1790. The Hall–Kier alpha value is -5.34. The van der Waals surface area contributed by atoms with E-state index in [9.17, 15) is 24.0 Å². The number of carbonyl (C=O) groups excluding carboxylic acids is 5. The molecule has 0 unspecified atom stereocenters. The molecule has 0 saturated heterocycles. The minimum atomic E-state index is -1.87. The molecule has 0 fully saturated rings. The quantitative estimate of drug-likeness (QED) is 0.0361. The predicted molar refractivity (Wildman–Crippen MR) is 206 cm³/mol. The molecule has 12 heteroatoms. The number of hydrogen-bond acceptors (Lipinski definition) is 10. The molecular formula is C40H46O10Si2. The summed E-state index contributed by atoms with van der Waals surface area (Å²) in [5, 5.41) is 2.28. The van der Waals surface area contributed by atoms with Gasteiger partial charge >= 0.3 is 29.8 Å². The van der Waals surface area contributed by atoms with Crippen molar-refractivity contribution in [1.82, 2.24) is 0 Å². The number of ether oxygens (including phenoxy) is 5. The van der Waals surface area contributed by atoms with Gasteiger partial charge in [0.1, 0.15) is 11.5 Å². The minimum absolute atomic E-state index is 0.147. The number of carbonyl (C=O) groups is 5. The monoisotopic (exact) mass is 742 g/mol. The third-order valence-corrected chi connectivity index (χ3v) is 15.5. The topological polar surface area (TPSA) is 132 Å². The van der Waals surface area contributed by atoms with E-state index in [-0.39, 0.29) is 11.5 Å². The second-order valence-corrected chi connectivity index (χ2v) is 22.9. The average molecular weight is 743 g/mol. The van der Waals surface area contributed by atoms with Gasteiger partial charge in [-0.15, -0.1) is 0 Å². The SMILES string of the molecule is C=CC(=O)OCCC[Si](C)(C)c1ccc(C(=O)Oc2ccc(OC(=O)c3ccc([Si](C)(C)CCCOC(=O)C=C)cc3)c(C=CC(=O)OC)c2)cc1. The number of hydrogen-bond donors (Lipinski definition) is 0. The molecule has 0 bridgehead atoms. The van der Waals surface area contributed by atoms with Crippen molar-refractivity contribution in [2.45, 2.75) is 51.1 Å². The molecule has 0 aliphatic carbocycles.